The standard InChI is InChI=1S/C23H23BrN4O4/c1-32-13-12-27(19(29)11-10-16-8-5-9-18(24)14-16)20-21(25)28(23(31)26-22(20)30)15-17-6-3-2-4-7-17/h2-11,14H,12-13,15,25H2,1H3,(H,26,30,31)/b11-10+. The number of nitrogen functional groups attached to an aromatic ring is 1. The maximum Gasteiger partial charge on any atom is 0.330 e. The predicted octanol–water partition coefficient (Wildman–Crippen LogP) is 2.62. The van der Waals surface area contributed by atoms with E-state index < -0.39 is 17.2 Å². The van der Waals surface area contributed by atoms with Crippen molar-refractivity contribution >= 4 is 39.4 Å². The van der Waals surface area contributed by atoms with E-state index in [4.69, 9.17) is 10.5 Å². The molecule has 166 valence electrons. The van der Waals surface area contributed by atoms with Crippen molar-refractivity contribution in [3.05, 3.63) is 97.1 Å². The van der Waals surface area contributed by atoms with Crippen molar-refractivity contribution in [3.63, 3.8) is 0 Å². The van der Waals surface area contributed by atoms with E-state index in [9.17, 15) is 14.4 Å². The van der Waals surface area contributed by atoms with Crippen LogP contribution in [-0.4, -0.2) is 35.7 Å². The molecular formula is C23H23BrN4O4. The van der Waals surface area contributed by atoms with Crippen molar-refractivity contribution in [1.29, 1.82) is 0 Å². The number of nitrogens with one attached hydrogen (secondary N) is 1. The highest BCUT2D eigenvalue weighted by molar-refractivity contribution is 9.10. The minimum absolute atomic E-state index is 0.0784. The number of nitrogens with two attached hydrogens (primary N) is 1. The van der Waals surface area contributed by atoms with Crippen molar-refractivity contribution in [1.82, 2.24) is 9.55 Å². The van der Waals surface area contributed by atoms with Gasteiger partial charge in [0.1, 0.15) is 5.82 Å². The Hall–Kier alpha value is -3.43. The molecule has 3 aromatic rings. The quantitative estimate of drug-likeness (QED) is 0.463. The second-order valence-electron chi connectivity index (χ2n) is 6.94. The second kappa shape index (κ2) is 10.7. The Kier molecular flexibility index (Phi) is 7.80. The van der Waals surface area contributed by atoms with Gasteiger partial charge in [-0.3, -0.25) is 24.0 Å². The van der Waals surface area contributed by atoms with Crippen molar-refractivity contribution in [2.45, 2.75) is 6.54 Å². The SMILES string of the molecule is COCCN(C(=O)/C=C/c1cccc(Br)c1)c1c(N)n(Cc2ccccc2)c(=O)[nH]c1=O. The fraction of sp³-hybridized carbons (Fsp3) is 0.174. The molecule has 3 N–H and O–H groups in total. The van der Waals surface area contributed by atoms with E-state index >= 15 is 0 Å². The van der Waals surface area contributed by atoms with Gasteiger partial charge in [-0.05, 0) is 29.3 Å². The van der Waals surface area contributed by atoms with Gasteiger partial charge in [-0.2, -0.15) is 0 Å². The summed E-state index contributed by atoms with van der Waals surface area (Å²) in [4.78, 5) is 41.7. The van der Waals surface area contributed by atoms with Crippen LogP contribution in [0.25, 0.3) is 6.08 Å². The van der Waals surface area contributed by atoms with Gasteiger partial charge in [-0.1, -0.05) is 58.4 Å². The smallest absolute Gasteiger partial charge is 0.330 e. The highest BCUT2D eigenvalue weighted by Crippen LogP contribution is 2.19. The monoisotopic (exact) mass is 498 g/mol. The van der Waals surface area contributed by atoms with Gasteiger partial charge in [-0.15, -0.1) is 0 Å². The van der Waals surface area contributed by atoms with Crippen LogP contribution in [0.2, 0.25) is 0 Å². The number of hydrogen-bond acceptors (Lipinski definition) is 5. The van der Waals surface area contributed by atoms with Gasteiger partial charge in [0.2, 0.25) is 0 Å². The predicted molar refractivity (Wildman–Crippen MR) is 129 cm³/mol. The van der Waals surface area contributed by atoms with Crippen LogP contribution in [0.5, 0.6) is 0 Å². The molecule has 0 unspecified atom stereocenters. The molecule has 32 heavy (non-hydrogen) atoms. The molecule has 8 nitrogen and oxygen atoms in total. The molecule has 1 aromatic heterocycles. The lowest BCUT2D eigenvalue weighted by Crippen LogP contribution is -2.42. The number of ether oxygens (including phenoxy) is 1. The minimum atomic E-state index is -0.739. The zero-order valence-corrected chi connectivity index (χ0v) is 19.0. The number of nitrogens with zero attached hydrogens (tertiary/aromatic N) is 2. The zero-order chi connectivity index (χ0) is 23.1. The van der Waals surface area contributed by atoms with Crippen molar-refractivity contribution in [3.8, 4) is 0 Å². The van der Waals surface area contributed by atoms with Crippen LogP contribution in [0.3, 0.4) is 0 Å². The first kappa shape index (κ1) is 23.2. The largest absolute Gasteiger partial charge is 0.383 e. The van der Waals surface area contributed by atoms with Crippen LogP contribution >= 0.6 is 15.9 Å². The maximum absolute atomic E-state index is 13.0. The fourth-order valence-electron chi connectivity index (χ4n) is 3.14. The van der Waals surface area contributed by atoms with Crippen LogP contribution in [0.1, 0.15) is 11.1 Å². The molecule has 0 aliphatic heterocycles. The second-order valence-corrected chi connectivity index (χ2v) is 7.85. The third-order valence-electron chi connectivity index (χ3n) is 4.72. The molecule has 2 aromatic carbocycles. The molecule has 0 atom stereocenters. The molecule has 9 heteroatoms. The first-order chi connectivity index (χ1) is 15.4. The lowest BCUT2D eigenvalue weighted by molar-refractivity contribution is -0.114. The van der Waals surface area contributed by atoms with Gasteiger partial charge in [0.05, 0.1) is 13.2 Å². The van der Waals surface area contributed by atoms with Gasteiger partial charge in [0.25, 0.3) is 11.5 Å². The van der Waals surface area contributed by atoms with E-state index in [1.54, 1.807) is 6.08 Å². The molecule has 1 heterocycles. The summed E-state index contributed by atoms with van der Waals surface area (Å²) in [5, 5.41) is 0. The van der Waals surface area contributed by atoms with Crippen LogP contribution in [-0.2, 0) is 16.1 Å². The topological polar surface area (TPSA) is 110 Å². The summed E-state index contributed by atoms with van der Waals surface area (Å²) in [7, 11) is 1.49. The average molecular weight is 499 g/mol. The van der Waals surface area contributed by atoms with E-state index in [1.165, 1.54) is 22.7 Å². The zero-order valence-electron chi connectivity index (χ0n) is 17.5. The summed E-state index contributed by atoms with van der Waals surface area (Å²) in [6.07, 6.45) is 2.99. The van der Waals surface area contributed by atoms with Crippen LogP contribution in [0.15, 0.2) is 74.7 Å². The van der Waals surface area contributed by atoms with Crippen molar-refractivity contribution in [2.75, 3.05) is 30.9 Å². The van der Waals surface area contributed by atoms with E-state index in [2.05, 4.69) is 20.9 Å². The normalized spacial score (nSPS) is 11.1. The Morgan fingerprint density at radius 2 is 1.94 bits per heavy atom. The van der Waals surface area contributed by atoms with Gasteiger partial charge in [-0.25, -0.2) is 4.79 Å². The highest BCUT2D eigenvalue weighted by atomic mass is 79.9. The highest BCUT2D eigenvalue weighted by Gasteiger charge is 2.23. The van der Waals surface area contributed by atoms with E-state index in [0.29, 0.717) is 0 Å². The first-order valence-electron chi connectivity index (χ1n) is 9.81. The number of aromatic amines is 1. The molecule has 1 amide bonds. The van der Waals surface area contributed by atoms with Gasteiger partial charge < -0.3 is 10.5 Å². The number of anilines is 2. The van der Waals surface area contributed by atoms with Gasteiger partial charge in [0, 0.05) is 24.2 Å². The van der Waals surface area contributed by atoms with Crippen molar-refractivity contribution < 1.29 is 9.53 Å². The number of methoxy groups -OCH3 is 1. The summed E-state index contributed by atoms with van der Waals surface area (Å²) < 4.78 is 7.21. The number of aromatic nitrogens is 2. The third-order valence-corrected chi connectivity index (χ3v) is 5.21. The molecule has 0 aliphatic carbocycles. The summed E-state index contributed by atoms with van der Waals surface area (Å²) in [5.41, 5.74) is 6.39. The van der Waals surface area contributed by atoms with Gasteiger partial charge >= 0.3 is 5.69 Å². The Balaban J connectivity index is 2.01. The number of hydrogen-bond donors (Lipinski definition) is 2. The Labute approximate surface area is 193 Å². The van der Waals surface area contributed by atoms with Crippen LogP contribution in [0.4, 0.5) is 11.5 Å². The number of H-pyrrole nitrogens is 1. The molecule has 0 saturated heterocycles. The number of amides is 1. The van der Waals surface area contributed by atoms with E-state index in [1.807, 2.05) is 54.6 Å². The lowest BCUT2D eigenvalue weighted by atomic mass is 10.2. The summed E-state index contributed by atoms with van der Waals surface area (Å²) in [5.74, 6) is -0.563. The molecule has 0 fully saturated rings. The molecule has 0 radical (unpaired) electrons. The number of halogens is 1. The molecular weight excluding hydrogens is 476 g/mol. The fourth-order valence-corrected chi connectivity index (χ4v) is 3.56. The van der Waals surface area contributed by atoms with E-state index in [-0.39, 0.29) is 31.2 Å². The molecule has 0 spiro atoms. The van der Waals surface area contributed by atoms with E-state index in [0.717, 1.165) is 15.6 Å². The number of rotatable bonds is 8. The first-order valence-corrected chi connectivity index (χ1v) is 10.6. The summed E-state index contributed by atoms with van der Waals surface area (Å²) >= 11 is 3.39. The van der Waals surface area contributed by atoms with Crippen LogP contribution in [0, 0.1) is 0 Å². The van der Waals surface area contributed by atoms with Crippen molar-refractivity contribution in [2.24, 2.45) is 0 Å². The maximum atomic E-state index is 13.0. The molecule has 0 aliphatic rings. The summed E-state index contributed by atoms with van der Waals surface area (Å²) in [6, 6.07) is 16.6. The third kappa shape index (κ3) is 5.63. The number of benzene rings is 2. The molecule has 0 saturated carbocycles. The van der Waals surface area contributed by atoms with Gasteiger partial charge in [0.15, 0.2) is 5.69 Å². The Morgan fingerprint density at radius 3 is 2.62 bits per heavy atom. The van der Waals surface area contributed by atoms with Crippen LogP contribution < -0.4 is 21.9 Å². The lowest BCUT2D eigenvalue weighted by Gasteiger charge is -2.23. The molecule has 0 bridgehead atoms. The minimum Gasteiger partial charge on any atom is -0.383 e. The Bertz CT molecular complexity index is 1230. The Morgan fingerprint density at radius 1 is 1.19 bits per heavy atom. The number of carbonyl (C=O) groups is 1. The average Bonchev–Trinajstić information content (AvgIpc) is 2.78. The molecule has 3 rings (SSSR count). The number of carbonyl (C=O) groups excluding carboxylic acids is 1. The summed E-state index contributed by atoms with van der Waals surface area (Å²) in [6.45, 7) is 0.400.